The number of aliphatic imine (C=N–C) groups is 1. The Morgan fingerprint density at radius 2 is 1.67 bits per heavy atom. The Labute approximate surface area is 175 Å². The van der Waals surface area contributed by atoms with Crippen LogP contribution >= 0.6 is 0 Å². The van der Waals surface area contributed by atoms with Gasteiger partial charge in [0.25, 0.3) is 0 Å². The van der Waals surface area contributed by atoms with Crippen LogP contribution in [-0.4, -0.2) is 16.9 Å². The number of nitrogens with zero attached hydrogens (tertiary/aromatic N) is 3. The summed E-state index contributed by atoms with van der Waals surface area (Å²) in [5, 5.41) is 2.11. The lowest BCUT2D eigenvalue weighted by Gasteiger charge is -2.46. The van der Waals surface area contributed by atoms with Gasteiger partial charge in [-0.3, -0.25) is 14.9 Å². The van der Waals surface area contributed by atoms with Gasteiger partial charge in [-0.25, -0.2) is 0 Å². The molecule has 0 saturated carbocycles. The SMILES string of the molecule is CC1(C)c2ccccc2N(c2ccccc2)C12C=Nc1c(ccc3cnccc13)O2. The molecule has 4 aromatic rings. The van der Waals surface area contributed by atoms with Gasteiger partial charge >= 0.3 is 0 Å². The van der Waals surface area contributed by atoms with Gasteiger partial charge in [0.1, 0.15) is 11.4 Å². The number of hydrogen-bond donors (Lipinski definition) is 0. The van der Waals surface area contributed by atoms with Crippen LogP contribution in [0.2, 0.25) is 0 Å². The van der Waals surface area contributed by atoms with Gasteiger partial charge in [0, 0.05) is 34.5 Å². The average Bonchev–Trinajstić information content (AvgIpc) is 2.97. The lowest BCUT2D eigenvalue weighted by Crippen LogP contribution is -2.60. The molecule has 4 nitrogen and oxygen atoms in total. The van der Waals surface area contributed by atoms with E-state index >= 15 is 0 Å². The van der Waals surface area contributed by atoms with Gasteiger partial charge in [-0.1, -0.05) is 36.4 Å². The molecule has 1 aromatic heterocycles. The fourth-order valence-corrected chi connectivity index (χ4v) is 4.84. The summed E-state index contributed by atoms with van der Waals surface area (Å²) in [5.74, 6) is 0.790. The van der Waals surface area contributed by atoms with Crippen molar-refractivity contribution in [1.29, 1.82) is 0 Å². The molecule has 6 rings (SSSR count). The predicted octanol–water partition coefficient (Wildman–Crippen LogP) is 6.16. The van der Waals surface area contributed by atoms with Gasteiger partial charge < -0.3 is 4.74 Å². The van der Waals surface area contributed by atoms with Gasteiger partial charge in [-0.05, 0) is 55.8 Å². The minimum atomic E-state index is -0.772. The minimum absolute atomic E-state index is 0.326. The zero-order valence-electron chi connectivity index (χ0n) is 16.9. The third kappa shape index (κ3) is 2.11. The van der Waals surface area contributed by atoms with Gasteiger partial charge in [-0.2, -0.15) is 0 Å². The van der Waals surface area contributed by atoms with Crippen LogP contribution in [0, 0.1) is 0 Å². The average molecular weight is 391 g/mol. The Balaban J connectivity index is 1.61. The largest absolute Gasteiger partial charge is 0.459 e. The van der Waals surface area contributed by atoms with E-state index in [1.807, 2.05) is 30.6 Å². The standard InChI is InChI=1S/C26H21N3O/c1-25(2)21-10-6-7-11-22(21)29(19-8-4-3-5-9-19)26(25)17-28-24-20-14-15-27-16-18(20)12-13-23(24)30-26/h3-17H,1-2H3. The Morgan fingerprint density at radius 1 is 0.867 bits per heavy atom. The van der Waals surface area contributed by atoms with E-state index in [2.05, 4.69) is 78.3 Å². The third-order valence-corrected chi connectivity index (χ3v) is 6.45. The molecule has 0 aliphatic carbocycles. The Kier molecular flexibility index (Phi) is 3.40. The highest BCUT2D eigenvalue weighted by Crippen LogP contribution is 2.57. The fourth-order valence-electron chi connectivity index (χ4n) is 4.84. The van der Waals surface area contributed by atoms with Crippen molar-refractivity contribution in [1.82, 2.24) is 4.98 Å². The number of ether oxygens (including phenoxy) is 1. The quantitative estimate of drug-likeness (QED) is 0.390. The van der Waals surface area contributed by atoms with Gasteiger partial charge in [-0.15, -0.1) is 0 Å². The van der Waals surface area contributed by atoms with E-state index in [1.165, 1.54) is 5.56 Å². The molecule has 0 N–H and O–H groups in total. The minimum Gasteiger partial charge on any atom is -0.459 e. The number of aromatic nitrogens is 1. The summed E-state index contributed by atoms with van der Waals surface area (Å²) in [6.07, 6.45) is 5.65. The van der Waals surface area contributed by atoms with E-state index in [0.29, 0.717) is 0 Å². The highest BCUT2D eigenvalue weighted by molar-refractivity contribution is 6.00. The normalized spacial score (nSPS) is 20.8. The maximum Gasteiger partial charge on any atom is 0.233 e. The molecule has 1 atom stereocenters. The van der Waals surface area contributed by atoms with E-state index in [4.69, 9.17) is 9.73 Å². The molecule has 0 bridgehead atoms. The number of benzene rings is 3. The molecule has 0 radical (unpaired) electrons. The number of rotatable bonds is 1. The molecule has 3 aromatic carbocycles. The van der Waals surface area contributed by atoms with Crippen molar-refractivity contribution in [3.05, 3.63) is 90.8 Å². The number of fused-ring (bicyclic) bond motifs is 4. The first kappa shape index (κ1) is 17.2. The Bertz CT molecular complexity index is 1310. The van der Waals surface area contributed by atoms with E-state index in [9.17, 15) is 0 Å². The molecule has 0 fully saturated rings. The molecular formula is C26H21N3O. The van der Waals surface area contributed by atoms with E-state index in [1.54, 1.807) is 6.20 Å². The topological polar surface area (TPSA) is 37.7 Å². The van der Waals surface area contributed by atoms with Crippen LogP contribution in [-0.2, 0) is 5.41 Å². The van der Waals surface area contributed by atoms with Crippen LogP contribution in [0.25, 0.3) is 10.8 Å². The van der Waals surface area contributed by atoms with Crippen molar-refractivity contribution < 1.29 is 4.74 Å². The summed E-state index contributed by atoms with van der Waals surface area (Å²) in [7, 11) is 0. The van der Waals surface area contributed by atoms with Crippen LogP contribution in [0.3, 0.4) is 0 Å². The maximum atomic E-state index is 6.91. The first-order valence-electron chi connectivity index (χ1n) is 10.2. The number of hydrogen-bond acceptors (Lipinski definition) is 4. The molecular weight excluding hydrogens is 370 g/mol. The van der Waals surface area contributed by atoms with Crippen molar-refractivity contribution in [2.45, 2.75) is 25.0 Å². The number of anilines is 2. The molecule has 0 saturated heterocycles. The van der Waals surface area contributed by atoms with Crippen molar-refractivity contribution >= 4 is 34.0 Å². The zero-order valence-corrected chi connectivity index (χ0v) is 16.9. The van der Waals surface area contributed by atoms with Crippen LogP contribution < -0.4 is 9.64 Å². The second-order valence-corrected chi connectivity index (χ2v) is 8.38. The Hall–Kier alpha value is -3.66. The van der Waals surface area contributed by atoms with Crippen LogP contribution in [0.15, 0.2) is 90.2 Å². The molecule has 1 unspecified atom stereocenters. The monoisotopic (exact) mass is 391 g/mol. The lowest BCUT2D eigenvalue weighted by molar-refractivity contribution is 0.0875. The highest BCUT2D eigenvalue weighted by Gasteiger charge is 2.60. The first-order chi connectivity index (χ1) is 14.6. The molecule has 1 spiro atoms. The molecule has 2 aliphatic heterocycles. The fraction of sp³-hybridized carbons (Fsp3) is 0.154. The third-order valence-electron chi connectivity index (χ3n) is 6.45. The van der Waals surface area contributed by atoms with E-state index in [-0.39, 0.29) is 5.41 Å². The number of pyridine rings is 1. The maximum absolute atomic E-state index is 6.91. The first-order valence-corrected chi connectivity index (χ1v) is 10.2. The smallest absolute Gasteiger partial charge is 0.233 e. The van der Waals surface area contributed by atoms with Crippen molar-refractivity contribution in [3.63, 3.8) is 0 Å². The highest BCUT2D eigenvalue weighted by atomic mass is 16.5. The summed E-state index contributed by atoms with van der Waals surface area (Å²) in [6.45, 7) is 4.47. The molecule has 146 valence electrons. The van der Waals surface area contributed by atoms with Gasteiger partial charge in [0.15, 0.2) is 0 Å². The van der Waals surface area contributed by atoms with Gasteiger partial charge in [0.05, 0.1) is 11.6 Å². The van der Waals surface area contributed by atoms with Crippen molar-refractivity contribution in [2.24, 2.45) is 4.99 Å². The predicted molar refractivity (Wildman–Crippen MR) is 121 cm³/mol. The molecule has 2 aliphatic rings. The van der Waals surface area contributed by atoms with Crippen LogP contribution in [0.5, 0.6) is 5.75 Å². The van der Waals surface area contributed by atoms with E-state index < -0.39 is 5.72 Å². The summed E-state index contributed by atoms with van der Waals surface area (Å²) in [6, 6.07) is 25.0. The van der Waals surface area contributed by atoms with Crippen molar-refractivity contribution in [3.8, 4) is 5.75 Å². The molecule has 3 heterocycles. The second-order valence-electron chi connectivity index (χ2n) is 8.38. The summed E-state index contributed by atoms with van der Waals surface area (Å²) in [5.41, 5.74) is 3.23. The van der Waals surface area contributed by atoms with Crippen molar-refractivity contribution in [2.75, 3.05) is 4.90 Å². The number of para-hydroxylation sites is 2. The molecule has 0 amide bonds. The molecule has 4 heteroatoms. The Morgan fingerprint density at radius 3 is 2.53 bits per heavy atom. The molecule has 30 heavy (non-hydrogen) atoms. The van der Waals surface area contributed by atoms with Gasteiger partial charge in [0.2, 0.25) is 5.72 Å². The second kappa shape index (κ2) is 5.92. The summed E-state index contributed by atoms with van der Waals surface area (Å²) >= 11 is 0. The van der Waals surface area contributed by atoms with Crippen LogP contribution in [0.1, 0.15) is 19.4 Å². The van der Waals surface area contributed by atoms with Crippen LogP contribution in [0.4, 0.5) is 17.1 Å². The van der Waals surface area contributed by atoms with E-state index in [0.717, 1.165) is 33.6 Å². The lowest BCUT2D eigenvalue weighted by atomic mass is 9.77. The summed E-state index contributed by atoms with van der Waals surface area (Å²) in [4.78, 5) is 11.5. The summed E-state index contributed by atoms with van der Waals surface area (Å²) < 4.78 is 6.91. The zero-order chi connectivity index (χ0) is 20.3.